The third kappa shape index (κ3) is 2.78. The molecule has 0 radical (unpaired) electrons. The fourth-order valence-corrected chi connectivity index (χ4v) is 2.37. The van der Waals surface area contributed by atoms with E-state index in [1.54, 1.807) is 0 Å². The first-order valence-corrected chi connectivity index (χ1v) is 7.50. The monoisotopic (exact) mass is 269 g/mol. The van der Waals surface area contributed by atoms with Crippen LogP contribution in [0.25, 0.3) is 10.9 Å². The lowest BCUT2D eigenvalue weighted by Crippen LogP contribution is -2.27. The van der Waals surface area contributed by atoms with E-state index in [0.717, 1.165) is 23.9 Å². The number of para-hydroxylation sites is 1. The standard InChI is InChI=1S/C17H23N3/c1-12(2)20(3)17-10-13(11-18-14-8-9-14)15-6-4-5-7-16(15)19-17/h4-7,10,12,14,18H,8-9,11H2,1-3H3. The Morgan fingerprint density at radius 1 is 1.30 bits per heavy atom. The van der Waals surface area contributed by atoms with Crippen molar-refractivity contribution < 1.29 is 0 Å². The van der Waals surface area contributed by atoms with Crippen LogP contribution in [0, 0.1) is 0 Å². The molecular formula is C17H23N3. The second-order valence-corrected chi connectivity index (χ2v) is 6.02. The van der Waals surface area contributed by atoms with Crippen LogP contribution in [0.1, 0.15) is 32.3 Å². The minimum Gasteiger partial charge on any atom is -0.357 e. The Morgan fingerprint density at radius 2 is 2.05 bits per heavy atom. The molecule has 0 spiro atoms. The van der Waals surface area contributed by atoms with Crippen LogP contribution in [-0.4, -0.2) is 24.1 Å². The Morgan fingerprint density at radius 3 is 2.75 bits per heavy atom. The molecule has 0 amide bonds. The molecule has 0 bridgehead atoms. The Hall–Kier alpha value is -1.61. The van der Waals surface area contributed by atoms with E-state index in [1.165, 1.54) is 23.8 Å². The van der Waals surface area contributed by atoms with Crippen LogP contribution < -0.4 is 10.2 Å². The van der Waals surface area contributed by atoms with Crippen molar-refractivity contribution in [2.45, 2.75) is 45.3 Å². The van der Waals surface area contributed by atoms with Crippen molar-refractivity contribution in [2.75, 3.05) is 11.9 Å². The molecule has 1 heterocycles. The van der Waals surface area contributed by atoms with E-state index in [9.17, 15) is 0 Å². The zero-order valence-electron chi connectivity index (χ0n) is 12.6. The number of benzene rings is 1. The molecule has 3 heteroatoms. The molecule has 1 aliphatic rings. The van der Waals surface area contributed by atoms with Gasteiger partial charge in [-0.2, -0.15) is 0 Å². The first-order chi connectivity index (χ1) is 9.65. The predicted molar refractivity (Wildman–Crippen MR) is 85.1 cm³/mol. The maximum Gasteiger partial charge on any atom is 0.129 e. The number of hydrogen-bond donors (Lipinski definition) is 1. The third-order valence-corrected chi connectivity index (χ3v) is 4.08. The van der Waals surface area contributed by atoms with Crippen molar-refractivity contribution in [1.29, 1.82) is 0 Å². The lowest BCUT2D eigenvalue weighted by molar-refractivity contribution is 0.688. The van der Waals surface area contributed by atoms with Gasteiger partial charge < -0.3 is 10.2 Å². The van der Waals surface area contributed by atoms with Gasteiger partial charge in [0.1, 0.15) is 5.82 Å². The highest BCUT2D eigenvalue weighted by molar-refractivity contribution is 5.84. The highest BCUT2D eigenvalue weighted by Gasteiger charge is 2.20. The molecule has 1 N–H and O–H groups in total. The van der Waals surface area contributed by atoms with Gasteiger partial charge in [0.15, 0.2) is 0 Å². The molecule has 0 saturated heterocycles. The van der Waals surface area contributed by atoms with Crippen LogP contribution in [0.4, 0.5) is 5.82 Å². The normalized spacial score (nSPS) is 15.0. The molecule has 0 aliphatic heterocycles. The number of rotatable bonds is 5. The first-order valence-electron chi connectivity index (χ1n) is 7.50. The number of nitrogens with zero attached hydrogens (tertiary/aromatic N) is 2. The second kappa shape index (κ2) is 5.41. The summed E-state index contributed by atoms with van der Waals surface area (Å²) in [5.74, 6) is 1.06. The van der Waals surface area contributed by atoms with E-state index in [2.05, 4.69) is 61.4 Å². The van der Waals surface area contributed by atoms with Crippen LogP contribution in [0.2, 0.25) is 0 Å². The van der Waals surface area contributed by atoms with Gasteiger partial charge in [0.25, 0.3) is 0 Å². The highest BCUT2D eigenvalue weighted by Crippen LogP contribution is 2.25. The van der Waals surface area contributed by atoms with Crippen molar-refractivity contribution in [3.63, 3.8) is 0 Å². The van der Waals surface area contributed by atoms with E-state index < -0.39 is 0 Å². The van der Waals surface area contributed by atoms with Gasteiger partial charge >= 0.3 is 0 Å². The summed E-state index contributed by atoms with van der Waals surface area (Å²) in [6, 6.07) is 11.8. The summed E-state index contributed by atoms with van der Waals surface area (Å²) < 4.78 is 0. The Labute approximate surface area is 121 Å². The number of hydrogen-bond acceptors (Lipinski definition) is 3. The summed E-state index contributed by atoms with van der Waals surface area (Å²) >= 11 is 0. The SMILES string of the molecule is CC(C)N(C)c1cc(CNC2CC2)c2ccccc2n1. The van der Waals surface area contributed by atoms with Crippen LogP contribution in [-0.2, 0) is 6.54 Å². The Balaban J connectivity index is 1.99. The van der Waals surface area contributed by atoms with Crippen molar-refractivity contribution in [2.24, 2.45) is 0 Å². The number of anilines is 1. The molecule has 2 aromatic rings. The van der Waals surface area contributed by atoms with Gasteiger partial charge in [0.05, 0.1) is 5.52 Å². The van der Waals surface area contributed by atoms with E-state index in [-0.39, 0.29) is 0 Å². The summed E-state index contributed by atoms with van der Waals surface area (Å²) in [5.41, 5.74) is 2.44. The second-order valence-electron chi connectivity index (χ2n) is 6.02. The van der Waals surface area contributed by atoms with Gasteiger partial charge in [0, 0.05) is 31.1 Å². The molecule has 1 aliphatic carbocycles. The van der Waals surface area contributed by atoms with E-state index in [4.69, 9.17) is 4.98 Å². The lowest BCUT2D eigenvalue weighted by atomic mass is 10.1. The molecule has 3 nitrogen and oxygen atoms in total. The van der Waals surface area contributed by atoms with Crippen LogP contribution in [0.15, 0.2) is 30.3 Å². The van der Waals surface area contributed by atoms with Gasteiger partial charge in [-0.15, -0.1) is 0 Å². The molecule has 106 valence electrons. The van der Waals surface area contributed by atoms with Gasteiger partial charge in [0.2, 0.25) is 0 Å². The topological polar surface area (TPSA) is 28.2 Å². The van der Waals surface area contributed by atoms with Gasteiger partial charge in [-0.25, -0.2) is 4.98 Å². The smallest absolute Gasteiger partial charge is 0.129 e. The zero-order valence-corrected chi connectivity index (χ0v) is 12.6. The lowest BCUT2D eigenvalue weighted by Gasteiger charge is -2.24. The number of fused-ring (bicyclic) bond motifs is 1. The first kappa shape index (κ1) is 13.4. The predicted octanol–water partition coefficient (Wildman–Crippen LogP) is 3.33. The van der Waals surface area contributed by atoms with Crippen molar-refractivity contribution in [3.05, 3.63) is 35.9 Å². The van der Waals surface area contributed by atoms with Crippen LogP contribution in [0.5, 0.6) is 0 Å². The third-order valence-electron chi connectivity index (χ3n) is 4.08. The maximum atomic E-state index is 4.80. The number of aromatic nitrogens is 1. The largest absolute Gasteiger partial charge is 0.357 e. The minimum atomic E-state index is 0.452. The molecule has 0 unspecified atom stereocenters. The summed E-state index contributed by atoms with van der Waals surface area (Å²) in [6.07, 6.45) is 2.64. The number of nitrogens with one attached hydrogen (secondary N) is 1. The van der Waals surface area contributed by atoms with Crippen molar-refractivity contribution >= 4 is 16.7 Å². The summed E-state index contributed by atoms with van der Waals surface area (Å²) in [4.78, 5) is 7.03. The van der Waals surface area contributed by atoms with Crippen LogP contribution >= 0.6 is 0 Å². The highest BCUT2D eigenvalue weighted by atomic mass is 15.2. The molecule has 1 aromatic heterocycles. The quantitative estimate of drug-likeness (QED) is 0.902. The van der Waals surface area contributed by atoms with Crippen molar-refractivity contribution in [3.8, 4) is 0 Å². The molecule has 0 atom stereocenters. The average Bonchev–Trinajstić information content (AvgIpc) is 3.27. The van der Waals surface area contributed by atoms with Gasteiger partial charge in [-0.3, -0.25) is 0 Å². The summed E-state index contributed by atoms with van der Waals surface area (Å²) in [7, 11) is 2.11. The fraction of sp³-hybridized carbons (Fsp3) is 0.471. The van der Waals surface area contributed by atoms with E-state index in [1.807, 2.05) is 0 Å². The summed E-state index contributed by atoms with van der Waals surface area (Å²) in [6.45, 7) is 5.32. The fourth-order valence-electron chi connectivity index (χ4n) is 2.37. The van der Waals surface area contributed by atoms with Gasteiger partial charge in [-0.1, -0.05) is 18.2 Å². The molecule has 1 saturated carbocycles. The maximum absolute atomic E-state index is 4.80. The van der Waals surface area contributed by atoms with Crippen molar-refractivity contribution in [1.82, 2.24) is 10.3 Å². The zero-order chi connectivity index (χ0) is 14.1. The minimum absolute atomic E-state index is 0.452. The molecule has 1 fully saturated rings. The van der Waals surface area contributed by atoms with E-state index >= 15 is 0 Å². The molecule has 20 heavy (non-hydrogen) atoms. The van der Waals surface area contributed by atoms with E-state index in [0.29, 0.717) is 6.04 Å². The molecule has 1 aromatic carbocycles. The average molecular weight is 269 g/mol. The van der Waals surface area contributed by atoms with Gasteiger partial charge in [-0.05, 0) is 44.4 Å². The summed E-state index contributed by atoms with van der Waals surface area (Å²) in [5, 5.41) is 4.88. The molecular weight excluding hydrogens is 246 g/mol. The van der Waals surface area contributed by atoms with Crippen LogP contribution in [0.3, 0.4) is 0 Å². The number of pyridine rings is 1. The molecule has 3 rings (SSSR count). The Kier molecular flexibility index (Phi) is 3.62. The Bertz CT molecular complexity index is 602.